The van der Waals surface area contributed by atoms with Gasteiger partial charge in [-0.1, -0.05) is 20.8 Å². The molecule has 1 aliphatic rings. The molecule has 1 aliphatic carbocycles. The van der Waals surface area contributed by atoms with E-state index < -0.39 is 17.3 Å². The fraction of sp³-hybridized carbons (Fsp3) is 0.500. The molecule has 132 valence electrons. The molecule has 7 heteroatoms. The number of amides is 1. The molecule has 3 rings (SSSR count). The van der Waals surface area contributed by atoms with E-state index in [0.29, 0.717) is 0 Å². The molecular formula is C18H20F2N4O. The number of carbonyl (C=O) groups excluding carboxylic acids is 1. The first-order valence-corrected chi connectivity index (χ1v) is 8.28. The van der Waals surface area contributed by atoms with Crippen LogP contribution in [0.1, 0.15) is 52.5 Å². The van der Waals surface area contributed by atoms with Crippen LogP contribution in [-0.2, 0) is 4.79 Å². The highest BCUT2D eigenvalue weighted by Crippen LogP contribution is 2.40. The van der Waals surface area contributed by atoms with E-state index in [1.165, 1.54) is 0 Å². The number of aromatic nitrogens is 2. The predicted molar refractivity (Wildman–Crippen MR) is 91.5 cm³/mol. The average Bonchev–Trinajstić information content (AvgIpc) is 2.73. The Hall–Kier alpha value is -2.49. The number of halogens is 2. The lowest BCUT2D eigenvalue weighted by atomic mass is 9.92. The highest BCUT2D eigenvalue weighted by Gasteiger charge is 2.29. The Kier molecular flexibility index (Phi) is 4.23. The first-order valence-electron chi connectivity index (χ1n) is 8.28. The van der Waals surface area contributed by atoms with Gasteiger partial charge in [-0.15, -0.1) is 0 Å². The molecule has 1 heterocycles. The maximum atomic E-state index is 14.7. The van der Waals surface area contributed by atoms with Gasteiger partial charge in [0.1, 0.15) is 5.82 Å². The Balaban J connectivity index is 2.11. The van der Waals surface area contributed by atoms with Crippen molar-refractivity contribution in [1.29, 1.82) is 0 Å². The first-order chi connectivity index (χ1) is 11.7. The van der Waals surface area contributed by atoms with Crippen molar-refractivity contribution in [3.63, 3.8) is 0 Å². The molecule has 0 saturated heterocycles. The second-order valence-electron chi connectivity index (χ2n) is 7.68. The second-order valence-corrected chi connectivity index (χ2v) is 7.68. The molecule has 1 aromatic heterocycles. The lowest BCUT2D eigenvalue weighted by Crippen LogP contribution is -2.24. The molecule has 1 amide bonds. The summed E-state index contributed by atoms with van der Waals surface area (Å²) < 4.78 is 30.2. The monoisotopic (exact) mass is 346 g/mol. The molecule has 25 heavy (non-hydrogen) atoms. The molecule has 0 radical (unpaired) electrons. The van der Waals surface area contributed by atoms with Crippen LogP contribution in [0.25, 0.3) is 15.9 Å². The normalized spacial score (nSPS) is 15.0. The number of nitrogens with zero attached hydrogens (tertiary/aromatic N) is 3. The largest absolute Gasteiger partial charge is 0.305 e. The number of hydrogen-bond donors (Lipinski definition) is 1. The van der Waals surface area contributed by atoms with Gasteiger partial charge in [-0.25, -0.2) is 18.6 Å². The van der Waals surface area contributed by atoms with E-state index in [1.807, 2.05) is 20.8 Å². The van der Waals surface area contributed by atoms with Gasteiger partial charge in [0.15, 0.2) is 5.82 Å². The van der Waals surface area contributed by atoms with Crippen LogP contribution >= 0.6 is 0 Å². The summed E-state index contributed by atoms with van der Waals surface area (Å²) in [6.07, 6.45) is 2.94. The van der Waals surface area contributed by atoms with E-state index in [4.69, 9.17) is 6.57 Å². The predicted octanol–water partition coefficient (Wildman–Crippen LogP) is 4.96. The summed E-state index contributed by atoms with van der Waals surface area (Å²) in [5.41, 5.74) is -0.643. The Labute approximate surface area is 144 Å². The molecule has 1 N–H and O–H groups in total. The van der Waals surface area contributed by atoms with Crippen LogP contribution in [0.2, 0.25) is 0 Å². The maximum Gasteiger partial charge on any atom is 0.259 e. The molecule has 5 nitrogen and oxygen atoms in total. The van der Waals surface area contributed by atoms with Crippen LogP contribution in [0, 0.1) is 23.6 Å². The van der Waals surface area contributed by atoms with E-state index in [2.05, 4.69) is 15.1 Å². The Morgan fingerprint density at radius 1 is 1.44 bits per heavy atom. The van der Waals surface area contributed by atoms with Crippen molar-refractivity contribution in [3.8, 4) is 0 Å². The van der Waals surface area contributed by atoms with Crippen molar-refractivity contribution >= 4 is 28.6 Å². The molecule has 1 aromatic carbocycles. The van der Waals surface area contributed by atoms with Gasteiger partial charge in [0.2, 0.25) is 11.9 Å². The molecule has 1 fully saturated rings. The van der Waals surface area contributed by atoms with Crippen molar-refractivity contribution in [2.75, 3.05) is 5.32 Å². The Bertz CT molecular complexity index is 885. The number of hydrogen-bond acceptors (Lipinski definition) is 2. The summed E-state index contributed by atoms with van der Waals surface area (Å²) in [5.74, 6) is -1.87. The van der Waals surface area contributed by atoms with Crippen LogP contribution in [0.4, 0.5) is 20.4 Å². The molecule has 0 atom stereocenters. The van der Waals surface area contributed by atoms with Crippen molar-refractivity contribution in [2.24, 2.45) is 5.41 Å². The van der Waals surface area contributed by atoms with Crippen molar-refractivity contribution in [1.82, 2.24) is 9.55 Å². The van der Waals surface area contributed by atoms with Gasteiger partial charge in [-0.3, -0.25) is 10.1 Å². The minimum atomic E-state index is -0.939. The first kappa shape index (κ1) is 17.3. The summed E-state index contributed by atoms with van der Waals surface area (Å²) in [4.78, 5) is 19.5. The van der Waals surface area contributed by atoms with E-state index in [0.717, 1.165) is 25.3 Å². The Morgan fingerprint density at radius 3 is 2.64 bits per heavy atom. The number of rotatable bonds is 3. The van der Waals surface area contributed by atoms with Gasteiger partial charge in [0, 0.05) is 12.5 Å². The van der Waals surface area contributed by atoms with Crippen LogP contribution in [0.3, 0.4) is 0 Å². The SMILES string of the molecule is [C-]#[N+]c1c(F)cc2nc(NC(=O)CC(C)(C)C)n(C3CCC3)c2c1F. The fourth-order valence-corrected chi connectivity index (χ4v) is 3.02. The van der Waals surface area contributed by atoms with E-state index in [9.17, 15) is 13.6 Å². The minimum absolute atomic E-state index is 0.00604. The third kappa shape index (κ3) is 3.21. The number of imidazole rings is 1. The number of benzene rings is 1. The van der Waals surface area contributed by atoms with Gasteiger partial charge in [0.05, 0.1) is 17.6 Å². The average molecular weight is 346 g/mol. The van der Waals surface area contributed by atoms with Crippen LogP contribution < -0.4 is 5.32 Å². The summed E-state index contributed by atoms with van der Waals surface area (Å²) >= 11 is 0. The zero-order valence-electron chi connectivity index (χ0n) is 14.5. The molecular weight excluding hydrogens is 326 g/mol. The highest BCUT2D eigenvalue weighted by molar-refractivity contribution is 5.92. The smallest absolute Gasteiger partial charge is 0.259 e. The molecule has 0 bridgehead atoms. The van der Waals surface area contributed by atoms with E-state index in [-0.39, 0.29) is 40.8 Å². The highest BCUT2D eigenvalue weighted by atomic mass is 19.1. The third-order valence-electron chi connectivity index (χ3n) is 4.34. The van der Waals surface area contributed by atoms with Gasteiger partial charge >= 0.3 is 0 Å². The number of carbonyl (C=O) groups is 1. The van der Waals surface area contributed by atoms with Gasteiger partial charge in [-0.05, 0) is 30.7 Å². The summed E-state index contributed by atoms with van der Waals surface area (Å²) in [6, 6.07) is 1.05. The topological polar surface area (TPSA) is 51.3 Å². The summed E-state index contributed by atoms with van der Waals surface area (Å²) in [6.45, 7) is 12.8. The second kappa shape index (κ2) is 6.10. The van der Waals surface area contributed by atoms with Gasteiger partial charge < -0.3 is 4.57 Å². The summed E-state index contributed by atoms with van der Waals surface area (Å²) in [7, 11) is 0. The zero-order chi connectivity index (χ0) is 18.4. The molecule has 0 unspecified atom stereocenters. The zero-order valence-corrected chi connectivity index (χ0v) is 14.5. The van der Waals surface area contributed by atoms with Crippen LogP contribution in [0.15, 0.2) is 6.07 Å². The van der Waals surface area contributed by atoms with Crippen molar-refractivity contribution in [2.45, 2.75) is 52.5 Å². The third-order valence-corrected chi connectivity index (χ3v) is 4.34. The van der Waals surface area contributed by atoms with Crippen LogP contribution in [-0.4, -0.2) is 15.5 Å². The van der Waals surface area contributed by atoms with E-state index >= 15 is 0 Å². The molecule has 0 spiro atoms. The molecule has 1 saturated carbocycles. The van der Waals surface area contributed by atoms with Crippen molar-refractivity contribution in [3.05, 3.63) is 29.1 Å². The lowest BCUT2D eigenvalue weighted by molar-refractivity contribution is -0.117. The number of fused-ring (bicyclic) bond motifs is 1. The van der Waals surface area contributed by atoms with Gasteiger partial charge in [-0.2, -0.15) is 0 Å². The van der Waals surface area contributed by atoms with Gasteiger partial charge in [0.25, 0.3) is 5.69 Å². The van der Waals surface area contributed by atoms with Crippen molar-refractivity contribution < 1.29 is 13.6 Å². The quantitative estimate of drug-likeness (QED) is 0.798. The Morgan fingerprint density at radius 2 is 2.12 bits per heavy atom. The van der Waals surface area contributed by atoms with Crippen LogP contribution in [0.5, 0.6) is 0 Å². The molecule has 0 aliphatic heterocycles. The maximum absolute atomic E-state index is 14.7. The lowest BCUT2D eigenvalue weighted by Gasteiger charge is -2.29. The minimum Gasteiger partial charge on any atom is -0.305 e. The number of anilines is 1. The standard InChI is InChI=1S/C18H20F2N4O/c1-18(2,3)9-13(25)23-17-22-12-8-11(19)15(21-4)14(20)16(12)24(17)10-6-5-7-10/h8,10H,5-7,9H2,1-3H3,(H,22,23,25). The molecule has 2 aromatic rings. The summed E-state index contributed by atoms with van der Waals surface area (Å²) in [5, 5.41) is 2.74. The van der Waals surface area contributed by atoms with E-state index in [1.54, 1.807) is 4.57 Å². The number of nitrogens with one attached hydrogen (secondary N) is 1. The fourth-order valence-electron chi connectivity index (χ4n) is 3.02.